The molecule has 0 amide bonds. The SMILES string of the molecule is CCC(C)(Cn1nnnc1-c1scnc1C)C(=O)O. The van der Waals surface area contributed by atoms with Crippen LogP contribution in [0, 0.1) is 12.3 Å². The summed E-state index contributed by atoms with van der Waals surface area (Å²) in [6, 6.07) is 0. The zero-order valence-electron chi connectivity index (χ0n) is 11.0. The normalized spacial score (nSPS) is 14.3. The van der Waals surface area contributed by atoms with E-state index in [0.717, 1.165) is 10.6 Å². The topological polar surface area (TPSA) is 93.8 Å². The molecular formula is C11H15N5O2S. The molecule has 0 bridgehead atoms. The quantitative estimate of drug-likeness (QED) is 0.894. The first kappa shape index (κ1) is 13.6. The first-order valence-corrected chi connectivity index (χ1v) is 6.76. The van der Waals surface area contributed by atoms with Gasteiger partial charge in [0.05, 0.1) is 28.0 Å². The van der Waals surface area contributed by atoms with Crippen molar-refractivity contribution >= 4 is 17.3 Å². The summed E-state index contributed by atoms with van der Waals surface area (Å²) in [7, 11) is 0. The van der Waals surface area contributed by atoms with Crippen LogP contribution in [0.3, 0.4) is 0 Å². The third-order valence-electron chi connectivity index (χ3n) is 3.28. The molecule has 2 heterocycles. The van der Waals surface area contributed by atoms with Crippen LogP contribution >= 0.6 is 11.3 Å². The predicted molar refractivity (Wildman–Crippen MR) is 69.7 cm³/mol. The van der Waals surface area contributed by atoms with Gasteiger partial charge in [0.2, 0.25) is 0 Å². The van der Waals surface area contributed by atoms with Gasteiger partial charge in [0.25, 0.3) is 0 Å². The van der Waals surface area contributed by atoms with E-state index in [2.05, 4.69) is 20.5 Å². The molecule has 0 saturated carbocycles. The Kier molecular flexibility index (Phi) is 3.61. The predicted octanol–water partition coefficient (Wildman–Crippen LogP) is 1.61. The third-order valence-corrected chi connectivity index (χ3v) is 4.20. The summed E-state index contributed by atoms with van der Waals surface area (Å²) in [5.74, 6) is -0.279. The van der Waals surface area contributed by atoms with Crippen molar-refractivity contribution in [3.63, 3.8) is 0 Å². The summed E-state index contributed by atoms with van der Waals surface area (Å²) in [5.41, 5.74) is 1.68. The summed E-state index contributed by atoms with van der Waals surface area (Å²) < 4.78 is 1.54. The molecule has 0 aromatic carbocycles. The second-order valence-corrected chi connectivity index (χ2v) is 5.50. The Hall–Kier alpha value is -1.83. The van der Waals surface area contributed by atoms with E-state index in [1.807, 2.05) is 13.8 Å². The number of nitrogens with zero attached hydrogens (tertiary/aromatic N) is 5. The smallest absolute Gasteiger partial charge is 0.311 e. The van der Waals surface area contributed by atoms with Crippen molar-refractivity contribution in [1.82, 2.24) is 25.2 Å². The number of carbonyl (C=O) groups is 1. The number of hydrogen-bond acceptors (Lipinski definition) is 6. The molecule has 102 valence electrons. The number of carboxylic acid groups (broad SMARTS) is 1. The van der Waals surface area contributed by atoms with Crippen LogP contribution in [-0.2, 0) is 11.3 Å². The van der Waals surface area contributed by atoms with Crippen molar-refractivity contribution in [3.8, 4) is 10.7 Å². The molecule has 1 unspecified atom stereocenters. The van der Waals surface area contributed by atoms with Gasteiger partial charge in [-0.05, 0) is 30.7 Å². The van der Waals surface area contributed by atoms with Gasteiger partial charge in [0, 0.05) is 0 Å². The molecule has 19 heavy (non-hydrogen) atoms. The number of aromatic nitrogens is 5. The summed E-state index contributed by atoms with van der Waals surface area (Å²) >= 11 is 1.44. The lowest BCUT2D eigenvalue weighted by Crippen LogP contribution is -2.32. The van der Waals surface area contributed by atoms with Crippen molar-refractivity contribution in [2.75, 3.05) is 0 Å². The maximum absolute atomic E-state index is 11.4. The Morgan fingerprint density at radius 3 is 2.84 bits per heavy atom. The molecule has 0 aliphatic rings. The molecule has 2 rings (SSSR count). The van der Waals surface area contributed by atoms with E-state index < -0.39 is 11.4 Å². The van der Waals surface area contributed by atoms with E-state index in [9.17, 15) is 9.90 Å². The van der Waals surface area contributed by atoms with Gasteiger partial charge in [0.1, 0.15) is 0 Å². The Morgan fingerprint density at radius 1 is 1.58 bits per heavy atom. The molecule has 0 aliphatic carbocycles. The van der Waals surface area contributed by atoms with E-state index in [1.165, 1.54) is 16.0 Å². The van der Waals surface area contributed by atoms with Gasteiger partial charge >= 0.3 is 5.97 Å². The highest BCUT2D eigenvalue weighted by Gasteiger charge is 2.33. The molecule has 0 saturated heterocycles. The fourth-order valence-corrected chi connectivity index (χ4v) is 2.44. The molecule has 0 fully saturated rings. The molecule has 8 heteroatoms. The minimum Gasteiger partial charge on any atom is -0.481 e. The molecule has 1 atom stereocenters. The highest BCUT2D eigenvalue weighted by Crippen LogP contribution is 2.28. The van der Waals surface area contributed by atoms with Crippen LogP contribution in [0.25, 0.3) is 10.7 Å². The van der Waals surface area contributed by atoms with Crippen LogP contribution in [0.4, 0.5) is 0 Å². The van der Waals surface area contributed by atoms with Crippen molar-refractivity contribution in [2.24, 2.45) is 5.41 Å². The van der Waals surface area contributed by atoms with Crippen LogP contribution in [0.1, 0.15) is 26.0 Å². The van der Waals surface area contributed by atoms with E-state index in [4.69, 9.17) is 0 Å². The number of thiazole rings is 1. The molecular weight excluding hydrogens is 266 g/mol. The van der Waals surface area contributed by atoms with Crippen LogP contribution in [-0.4, -0.2) is 36.3 Å². The number of carboxylic acids is 1. The zero-order valence-corrected chi connectivity index (χ0v) is 11.8. The minimum atomic E-state index is -0.886. The fraction of sp³-hybridized carbons (Fsp3) is 0.545. The first-order chi connectivity index (χ1) is 8.98. The molecule has 0 spiro atoms. The highest BCUT2D eigenvalue weighted by atomic mass is 32.1. The number of rotatable bonds is 5. The van der Waals surface area contributed by atoms with E-state index >= 15 is 0 Å². The number of tetrazole rings is 1. The molecule has 7 nitrogen and oxygen atoms in total. The second-order valence-electron chi connectivity index (χ2n) is 4.65. The van der Waals surface area contributed by atoms with Gasteiger partial charge in [-0.15, -0.1) is 16.4 Å². The van der Waals surface area contributed by atoms with Gasteiger partial charge in [-0.2, -0.15) is 0 Å². The molecule has 0 radical (unpaired) electrons. The van der Waals surface area contributed by atoms with Crippen molar-refractivity contribution in [1.29, 1.82) is 0 Å². The van der Waals surface area contributed by atoms with Crippen LogP contribution < -0.4 is 0 Å². The lowest BCUT2D eigenvalue weighted by atomic mass is 9.88. The number of aryl methyl sites for hydroxylation is 1. The summed E-state index contributed by atoms with van der Waals surface area (Å²) in [6.07, 6.45) is 0.503. The Morgan fingerprint density at radius 2 is 2.32 bits per heavy atom. The van der Waals surface area contributed by atoms with Gasteiger partial charge < -0.3 is 5.11 Å². The van der Waals surface area contributed by atoms with Crippen molar-refractivity contribution < 1.29 is 9.90 Å². The number of hydrogen-bond donors (Lipinski definition) is 1. The average molecular weight is 281 g/mol. The number of aliphatic carboxylic acids is 1. The standard InChI is InChI=1S/C11H15N5O2S/c1-4-11(3,10(17)18)5-16-9(13-14-15-16)8-7(2)12-6-19-8/h6H,4-5H2,1-3H3,(H,17,18). The molecule has 0 aliphatic heterocycles. The van der Waals surface area contributed by atoms with Crippen LogP contribution in [0.2, 0.25) is 0 Å². The average Bonchev–Trinajstić information content (AvgIpc) is 2.97. The van der Waals surface area contributed by atoms with E-state index in [1.54, 1.807) is 12.4 Å². The van der Waals surface area contributed by atoms with Crippen LogP contribution in [0.15, 0.2) is 5.51 Å². The molecule has 2 aromatic rings. The lowest BCUT2D eigenvalue weighted by molar-refractivity contribution is -0.149. The molecule has 2 aromatic heterocycles. The first-order valence-electron chi connectivity index (χ1n) is 5.88. The molecule has 1 N–H and O–H groups in total. The Labute approximate surface area is 114 Å². The van der Waals surface area contributed by atoms with Gasteiger partial charge in [-0.3, -0.25) is 4.79 Å². The van der Waals surface area contributed by atoms with Gasteiger partial charge in [-0.1, -0.05) is 6.92 Å². The van der Waals surface area contributed by atoms with Gasteiger partial charge in [0.15, 0.2) is 5.82 Å². The van der Waals surface area contributed by atoms with Crippen LogP contribution in [0.5, 0.6) is 0 Å². The van der Waals surface area contributed by atoms with Crippen molar-refractivity contribution in [2.45, 2.75) is 33.7 Å². The Balaban J connectivity index is 2.36. The Bertz CT molecular complexity index is 593. The fourth-order valence-electron chi connectivity index (χ4n) is 1.65. The maximum atomic E-state index is 11.4. The van der Waals surface area contributed by atoms with Crippen molar-refractivity contribution in [3.05, 3.63) is 11.2 Å². The second kappa shape index (κ2) is 5.04. The minimum absolute atomic E-state index is 0.235. The summed E-state index contributed by atoms with van der Waals surface area (Å²) in [5, 5.41) is 20.8. The third kappa shape index (κ3) is 2.48. The summed E-state index contributed by atoms with van der Waals surface area (Å²) in [4.78, 5) is 16.4. The summed E-state index contributed by atoms with van der Waals surface area (Å²) in [6.45, 7) is 5.65. The maximum Gasteiger partial charge on any atom is 0.311 e. The van der Waals surface area contributed by atoms with Gasteiger partial charge in [-0.25, -0.2) is 9.67 Å². The van der Waals surface area contributed by atoms with E-state index in [-0.39, 0.29) is 6.54 Å². The lowest BCUT2D eigenvalue weighted by Gasteiger charge is -2.22. The zero-order chi connectivity index (χ0) is 14.0. The largest absolute Gasteiger partial charge is 0.481 e. The monoisotopic (exact) mass is 281 g/mol. The highest BCUT2D eigenvalue weighted by molar-refractivity contribution is 7.13. The van der Waals surface area contributed by atoms with E-state index in [0.29, 0.717) is 12.2 Å².